The van der Waals surface area contributed by atoms with Gasteiger partial charge >= 0.3 is 0 Å². The van der Waals surface area contributed by atoms with E-state index >= 15 is 0 Å². The molecular weight excluding hydrogens is 332 g/mol. The van der Waals surface area contributed by atoms with Gasteiger partial charge in [0.05, 0.1) is 5.75 Å². The molecule has 126 valence electrons. The van der Waals surface area contributed by atoms with Gasteiger partial charge in [-0.2, -0.15) is 0 Å². The lowest BCUT2D eigenvalue weighted by Gasteiger charge is -2.07. The zero-order chi connectivity index (χ0) is 17.6. The van der Waals surface area contributed by atoms with Gasteiger partial charge in [0, 0.05) is 17.0 Å². The second-order valence-electron chi connectivity index (χ2n) is 5.64. The second-order valence-corrected chi connectivity index (χ2v) is 6.69. The van der Waals surface area contributed by atoms with Crippen LogP contribution >= 0.6 is 11.8 Å². The molecule has 0 aromatic heterocycles. The molecule has 0 saturated carbocycles. The Labute approximate surface area is 150 Å². The van der Waals surface area contributed by atoms with E-state index in [1.807, 2.05) is 24.3 Å². The van der Waals surface area contributed by atoms with Gasteiger partial charge in [-0.25, -0.2) is 0 Å². The van der Waals surface area contributed by atoms with Crippen LogP contribution in [0.15, 0.2) is 71.6 Å². The normalized spacial score (nSPS) is 10.6. The van der Waals surface area contributed by atoms with Crippen LogP contribution < -0.4 is 11.1 Å². The molecule has 0 radical (unpaired) electrons. The molecule has 2 amide bonds. The highest BCUT2D eigenvalue weighted by Crippen LogP contribution is 2.23. The lowest BCUT2D eigenvalue weighted by molar-refractivity contribution is -0.118. The van der Waals surface area contributed by atoms with E-state index in [0.717, 1.165) is 15.8 Å². The number of carbonyl (C=O) groups is 2. The van der Waals surface area contributed by atoms with Crippen LogP contribution in [-0.2, 0) is 11.3 Å². The Morgan fingerprint density at radius 2 is 1.72 bits per heavy atom. The molecule has 5 heteroatoms. The van der Waals surface area contributed by atoms with Crippen LogP contribution in [-0.4, -0.2) is 17.6 Å². The average Bonchev–Trinajstić information content (AvgIpc) is 2.64. The number of rotatable bonds is 6. The van der Waals surface area contributed by atoms with Crippen molar-refractivity contribution in [1.82, 2.24) is 5.32 Å². The standard InChI is InChI=1S/C20H18N2O2S/c21-20(24)17-7-3-4-14(10-17)12-22-19(23)13-25-18-9-8-15-5-1-2-6-16(15)11-18/h1-11H,12-13H2,(H2,21,24)(H,22,23). The fourth-order valence-corrected chi connectivity index (χ4v) is 3.27. The van der Waals surface area contributed by atoms with Gasteiger partial charge < -0.3 is 11.1 Å². The maximum atomic E-state index is 12.0. The van der Waals surface area contributed by atoms with E-state index in [9.17, 15) is 9.59 Å². The number of amides is 2. The van der Waals surface area contributed by atoms with Crippen molar-refractivity contribution < 1.29 is 9.59 Å². The summed E-state index contributed by atoms with van der Waals surface area (Å²) in [4.78, 5) is 24.3. The summed E-state index contributed by atoms with van der Waals surface area (Å²) in [5.41, 5.74) is 6.55. The van der Waals surface area contributed by atoms with E-state index in [-0.39, 0.29) is 5.91 Å². The first-order chi connectivity index (χ1) is 12.1. The topological polar surface area (TPSA) is 72.2 Å². The summed E-state index contributed by atoms with van der Waals surface area (Å²) < 4.78 is 0. The molecule has 0 unspecified atom stereocenters. The number of nitrogens with two attached hydrogens (primary N) is 1. The maximum absolute atomic E-state index is 12.0. The van der Waals surface area contributed by atoms with Gasteiger partial charge in [0.25, 0.3) is 0 Å². The van der Waals surface area contributed by atoms with Crippen molar-refractivity contribution in [3.8, 4) is 0 Å². The molecule has 3 rings (SSSR count). The number of hydrogen-bond donors (Lipinski definition) is 2. The Kier molecular flexibility index (Phi) is 5.36. The van der Waals surface area contributed by atoms with Crippen molar-refractivity contribution in [2.45, 2.75) is 11.4 Å². The van der Waals surface area contributed by atoms with Gasteiger partial charge in [-0.05, 0) is 40.6 Å². The molecule has 3 N–H and O–H groups in total. The molecule has 0 fully saturated rings. The fraction of sp³-hybridized carbons (Fsp3) is 0.100. The number of fused-ring (bicyclic) bond motifs is 1. The smallest absolute Gasteiger partial charge is 0.248 e. The van der Waals surface area contributed by atoms with Gasteiger partial charge in [-0.15, -0.1) is 11.8 Å². The number of thioether (sulfide) groups is 1. The number of carbonyl (C=O) groups excluding carboxylic acids is 2. The van der Waals surface area contributed by atoms with Crippen LogP contribution in [0.1, 0.15) is 15.9 Å². The molecule has 3 aromatic carbocycles. The van der Waals surface area contributed by atoms with Gasteiger partial charge in [0.2, 0.25) is 11.8 Å². The van der Waals surface area contributed by atoms with Crippen LogP contribution in [0.5, 0.6) is 0 Å². The van der Waals surface area contributed by atoms with Crippen molar-refractivity contribution in [2.75, 3.05) is 5.75 Å². The largest absolute Gasteiger partial charge is 0.366 e. The van der Waals surface area contributed by atoms with Gasteiger partial charge in [0.15, 0.2) is 0 Å². The SMILES string of the molecule is NC(=O)c1cccc(CNC(=O)CSc2ccc3ccccc3c2)c1. The number of nitrogens with one attached hydrogen (secondary N) is 1. The van der Waals surface area contributed by atoms with Crippen LogP contribution in [0.3, 0.4) is 0 Å². The van der Waals surface area contributed by atoms with E-state index in [1.165, 1.54) is 17.1 Å². The van der Waals surface area contributed by atoms with Gasteiger partial charge in [-0.3, -0.25) is 9.59 Å². The summed E-state index contributed by atoms with van der Waals surface area (Å²) in [6.07, 6.45) is 0. The minimum atomic E-state index is -0.472. The molecule has 0 aliphatic heterocycles. The summed E-state index contributed by atoms with van der Waals surface area (Å²) in [7, 11) is 0. The van der Waals surface area contributed by atoms with Crippen molar-refractivity contribution in [1.29, 1.82) is 0 Å². The predicted octanol–water partition coefficient (Wildman–Crippen LogP) is 3.35. The number of hydrogen-bond acceptors (Lipinski definition) is 3. The highest BCUT2D eigenvalue weighted by atomic mass is 32.2. The highest BCUT2D eigenvalue weighted by molar-refractivity contribution is 8.00. The van der Waals surface area contributed by atoms with Crippen molar-refractivity contribution in [3.63, 3.8) is 0 Å². The summed E-state index contributed by atoms with van der Waals surface area (Å²) in [5, 5.41) is 5.21. The highest BCUT2D eigenvalue weighted by Gasteiger charge is 2.05. The third-order valence-corrected chi connectivity index (χ3v) is 4.79. The third-order valence-electron chi connectivity index (χ3n) is 3.79. The van der Waals surface area contributed by atoms with E-state index < -0.39 is 5.91 Å². The summed E-state index contributed by atoms with van der Waals surface area (Å²) in [6.45, 7) is 0.373. The van der Waals surface area contributed by atoms with E-state index in [2.05, 4.69) is 29.6 Å². The molecule has 0 spiro atoms. The summed E-state index contributed by atoms with van der Waals surface area (Å²) >= 11 is 1.50. The Balaban J connectivity index is 1.53. The Bertz CT molecular complexity index is 924. The zero-order valence-corrected chi connectivity index (χ0v) is 14.4. The lowest BCUT2D eigenvalue weighted by Crippen LogP contribution is -2.24. The van der Waals surface area contributed by atoms with E-state index in [0.29, 0.717) is 17.9 Å². The zero-order valence-electron chi connectivity index (χ0n) is 13.6. The molecule has 0 aliphatic rings. The maximum Gasteiger partial charge on any atom is 0.248 e. The van der Waals surface area contributed by atoms with Crippen molar-refractivity contribution in [3.05, 3.63) is 77.9 Å². The van der Waals surface area contributed by atoms with Crippen LogP contribution in [0, 0.1) is 0 Å². The average molecular weight is 350 g/mol. The number of primary amides is 1. The van der Waals surface area contributed by atoms with Crippen LogP contribution in [0.25, 0.3) is 10.8 Å². The molecule has 4 nitrogen and oxygen atoms in total. The fourth-order valence-electron chi connectivity index (χ4n) is 2.49. The van der Waals surface area contributed by atoms with Gasteiger partial charge in [0.1, 0.15) is 0 Å². The molecule has 25 heavy (non-hydrogen) atoms. The molecular formula is C20H18N2O2S. The predicted molar refractivity (Wildman–Crippen MR) is 101 cm³/mol. The second kappa shape index (κ2) is 7.85. The quantitative estimate of drug-likeness (QED) is 0.670. The molecule has 0 aliphatic carbocycles. The van der Waals surface area contributed by atoms with E-state index in [1.54, 1.807) is 18.2 Å². The molecule has 0 heterocycles. The first kappa shape index (κ1) is 17.0. The molecule has 3 aromatic rings. The van der Waals surface area contributed by atoms with Gasteiger partial charge in [-0.1, -0.05) is 42.5 Å². The first-order valence-corrected chi connectivity index (χ1v) is 8.87. The minimum Gasteiger partial charge on any atom is -0.366 e. The number of benzene rings is 3. The first-order valence-electron chi connectivity index (χ1n) is 7.89. The van der Waals surface area contributed by atoms with Crippen molar-refractivity contribution in [2.24, 2.45) is 5.73 Å². The van der Waals surface area contributed by atoms with Crippen molar-refractivity contribution >= 4 is 34.3 Å². The Morgan fingerprint density at radius 1 is 0.920 bits per heavy atom. The van der Waals surface area contributed by atoms with Crippen LogP contribution in [0.4, 0.5) is 0 Å². The minimum absolute atomic E-state index is 0.0531. The lowest BCUT2D eigenvalue weighted by atomic mass is 10.1. The Hall–Kier alpha value is -2.79. The van der Waals surface area contributed by atoms with E-state index in [4.69, 9.17) is 5.73 Å². The Morgan fingerprint density at radius 3 is 2.52 bits per heavy atom. The molecule has 0 saturated heterocycles. The summed E-state index contributed by atoms with van der Waals surface area (Å²) in [5.74, 6) is -0.184. The third kappa shape index (κ3) is 4.61. The monoisotopic (exact) mass is 350 g/mol. The van der Waals surface area contributed by atoms with Crippen LogP contribution in [0.2, 0.25) is 0 Å². The molecule has 0 bridgehead atoms. The molecule has 0 atom stereocenters. The summed E-state index contributed by atoms with van der Waals surface area (Å²) in [6, 6.07) is 21.3.